The van der Waals surface area contributed by atoms with Crippen molar-refractivity contribution in [2.75, 3.05) is 0 Å². The summed E-state index contributed by atoms with van der Waals surface area (Å²) in [6, 6.07) is 0. The van der Waals surface area contributed by atoms with Crippen LogP contribution in [0.2, 0.25) is 0 Å². The first-order valence-corrected chi connectivity index (χ1v) is 0. The van der Waals surface area contributed by atoms with Gasteiger partial charge in [0.05, 0.1) is 0 Å². The van der Waals surface area contributed by atoms with Crippen LogP contribution in [0.3, 0.4) is 0 Å². The molecule has 0 amide bonds. The van der Waals surface area contributed by atoms with Gasteiger partial charge in [0.15, 0.2) is 0 Å². The molecule has 0 unspecified atom stereocenters. The van der Waals surface area contributed by atoms with Gasteiger partial charge in [-0.1, -0.05) is 0 Å². The molecule has 0 saturated carbocycles. The van der Waals surface area contributed by atoms with Crippen LogP contribution in [0.25, 0.3) is 0 Å². The maximum absolute atomic E-state index is 0. The molecule has 66 heteroatoms. The minimum atomic E-state index is 0. The predicted molar refractivity (Wildman–Crippen MR) is 154 cm³/mol. The van der Waals surface area contributed by atoms with Crippen molar-refractivity contribution >= 4 is 0 Å². The Labute approximate surface area is 1060 Å². The average molecular weight is 1510 g/mol. The number of hydrogen-bond donors (Lipinski definition) is 0. The van der Waals surface area contributed by atoms with Crippen molar-refractivity contribution in [3.05, 3.63) is 0 Å². The summed E-state index contributed by atoms with van der Waals surface area (Å²) in [5.74, 6) is 0. The Hall–Kier alpha value is 24.2. The molecule has 0 aromatic rings. The Morgan fingerprint density at radius 1 is 0.0455 bits per heavy atom. The van der Waals surface area contributed by atoms with Crippen LogP contribution in [-0.2, 0) is 0 Å². The first-order chi connectivity index (χ1) is 0. The molecule has 0 aromatic carbocycles. The second kappa shape index (κ2) is 1190. The van der Waals surface area contributed by atoms with Gasteiger partial charge >= 0.3 is 822 Å². The minimum absolute atomic E-state index is 0. The fraction of sp³-hybridized carbons (Fsp3) is 0. The van der Waals surface area contributed by atoms with Gasteiger partial charge in [0, 0.05) is 0 Å². The topological polar surface area (TPSA) is 1550 Å². The molecule has 0 aliphatic heterocycles. The van der Waals surface area contributed by atoms with Crippen molar-refractivity contribution in [2.45, 2.75) is 0 Å². The standard InChI is InChI=1S/16K.50H2O/h;;;;;;;;;;;;;;;;50*1H2/q16*+1;;;;;;;;;;;;;;;;;;;;;;;;;;;;;;;;;;;;;;;;;;;;;;;;;;/p-16. The normalized spacial score (nSPS) is 0. The summed E-state index contributed by atoms with van der Waals surface area (Å²) in [5, 5.41) is 0. The zero-order chi connectivity index (χ0) is 0. The van der Waals surface area contributed by atoms with E-state index in [1.54, 1.807) is 0 Å². The maximum Gasteiger partial charge on any atom is 1.00 e. The second-order valence-electron chi connectivity index (χ2n) is 0. The van der Waals surface area contributed by atoms with Gasteiger partial charge < -0.3 is 274 Å². The van der Waals surface area contributed by atoms with E-state index < -0.39 is 0 Å². The zero-order valence-corrected chi connectivity index (χ0v) is 90.1. The van der Waals surface area contributed by atoms with E-state index in [1.165, 1.54) is 0 Å². The average Bonchev–Trinajstić information content (AvgIpc) is 0. The third kappa shape index (κ3) is 1150. The molecule has 0 radical (unpaired) electrons. The zero-order valence-electron chi connectivity index (χ0n) is 40.2. The number of rotatable bonds is 0. The third-order valence-corrected chi connectivity index (χ3v) is 0. The Balaban J connectivity index is 0. The fourth-order valence-corrected chi connectivity index (χ4v) is 0. The fourth-order valence-electron chi connectivity index (χ4n) is 0. The Bertz CT molecular complexity index is 52.7. The summed E-state index contributed by atoms with van der Waals surface area (Å²) in [5.41, 5.74) is 0. The molecule has 0 fully saturated rings. The van der Waals surface area contributed by atoms with Crippen LogP contribution in [0.15, 0.2) is 0 Å². The third-order valence-electron chi connectivity index (χ3n) is 0. The van der Waals surface area contributed by atoms with Gasteiger partial charge in [-0.15, -0.1) is 0 Å². The van der Waals surface area contributed by atoms with Gasteiger partial charge in [-0.05, 0) is 0 Å². The first-order valence-electron chi connectivity index (χ1n) is 0. The van der Waals surface area contributed by atoms with Crippen molar-refractivity contribution in [3.63, 3.8) is 0 Å². The van der Waals surface area contributed by atoms with Crippen molar-refractivity contribution in [2.24, 2.45) is 0 Å². The van der Waals surface area contributed by atoms with Gasteiger partial charge in [-0.25, -0.2) is 0 Å². The molecule has 0 atom stereocenters. The van der Waals surface area contributed by atoms with Crippen LogP contribution in [0, 0.1) is 0 Å². The molecular weight excluding hydrogens is 1430 g/mol. The van der Waals surface area contributed by atoms with Gasteiger partial charge in [-0.3, -0.25) is 0 Å². The molecule has 0 heterocycles. The van der Waals surface area contributed by atoms with Gasteiger partial charge in [0.25, 0.3) is 0 Å². The Kier molecular flexibility index (Phi) is 22000. The van der Waals surface area contributed by atoms with E-state index in [4.69, 9.17) is 0 Å². The predicted octanol–water partition coefficient (Wildman–Crippen LogP) is -78.8. The molecule has 0 rings (SSSR count). The quantitative estimate of drug-likeness (QED) is 0.203. The van der Waals surface area contributed by atoms with Gasteiger partial charge in [-0.2, -0.15) is 0 Å². The monoisotopic (exact) mass is 1510 g/mol. The van der Waals surface area contributed by atoms with Gasteiger partial charge in [0.2, 0.25) is 0 Å². The molecule has 0 aliphatic carbocycles. The molecule has 0 aliphatic rings. The van der Waals surface area contributed by atoms with E-state index in [0.29, 0.717) is 0 Å². The smallest absolute Gasteiger partial charge is 0.870 e. The molecule has 0 aromatic heterocycles. The summed E-state index contributed by atoms with van der Waals surface area (Å²) in [4.78, 5) is 0. The summed E-state index contributed by atoms with van der Waals surface area (Å²) in [7, 11) is 0. The van der Waals surface area contributed by atoms with E-state index in [0.717, 1.165) is 0 Å². The largest absolute Gasteiger partial charge is 1.00 e. The SMILES string of the molecule is O.O.O.O.O.O.O.O.O.O.O.O.O.O.O.O.O.O.O.O.O.O.O.O.O.O.O.O.O.O.O.O.O.O.[K+].[K+].[K+].[K+].[K+].[K+].[K+].[K+].[K+].[K+].[K+].[K+].[K+].[K+].[K+].[K+].[OH-].[OH-].[OH-].[OH-].[OH-].[OH-].[OH-].[OH-].[OH-].[OH-].[OH-].[OH-].[OH-].[OH-].[OH-].[OH-]. The molecule has 66 heavy (non-hydrogen) atoms. The Morgan fingerprint density at radius 3 is 0.0455 bits per heavy atom. The van der Waals surface area contributed by atoms with Crippen LogP contribution in [0.1, 0.15) is 0 Å². The summed E-state index contributed by atoms with van der Waals surface area (Å²) < 4.78 is 0. The maximum atomic E-state index is 0. The van der Waals surface area contributed by atoms with E-state index in [9.17, 15) is 0 Å². The minimum Gasteiger partial charge on any atom is -0.870 e. The summed E-state index contributed by atoms with van der Waals surface area (Å²) in [6.07, 6.45) is 0. The number of hydrogen-bond acceptors (Lipinski definition) is 16. The van der Waals surface area contributed by atoms with Crippen molar-refractivity contribution in [1.82, 2.24) is 0 Å². The van der Waals surface area contributed by atoms with Gasteiger partial charge in [0.1, 0.15) is 0 Å². The van der Waals surface area contributed by atoms with Crippen LogP contribution in [0.5, 0.6) is 0 Å². The molecule has 400 valence electrons. The first kappa shape index (κ1) is 1230. The molecular formula is H84K16O50. The molecule has 84 N–H and O–H groups in total. The molecule has 0 spiro atoms. The molecule has 0 bridgehead atoms. The van der Waals surface area contributed by atoms with Crippen LogP contribution >= 0.6 is 0 Å². The second-order valence-corrected chi connectivity index (χ2v) is 0. The van der Waals surface area contributed by atoms with Crippen LogP contribution < -0.4 is 822 Å². The summed E-state index contributed by atoms with van der Waals surface area (Å²) in [6.45, 7) is 0. The van der Waals surface area contributed by atoms with E-state index in [-0.39, 0.29) is 1100 Å². The van der Waals surface area contributed by atoms with E-state index in [2.05, 4.69) is 0 Å². The van der Waals surface area contributed by atoms with Crippen molar-refractivity contribution < 1.29 is 1100 Å². The van der Waals surface area contributed by atoms with Crippen LogP contribution in [0.4, 0.5) is 0 Å². The van der Waals surface area contributed by atoms with E-state index >= 15 is 0 Å². The summed E-state index contributed by atoms with van der Waals surface area (Å²) >= 11 is 0. The van der Waals surface area contributed by atoms with Crippen molar-refractivity contribution in [1.29, 1.82) is 0 Å². The van der Waals surface area contributed by atoms with Crippen LogP contribution in [-0.4, -0.2) is 274 Å². The molecule has 0 saturated heterocycles. The van der Waals surface area contributed by atoms with E-state index in [1.807, 2.05) is 0 Å². The molecule has 50 nitrogen and oxygen atoms in total. The Morgan fingerprint density at radius 2 is 0.0455 bits per heavy atom. The van der Waals surface area contributed by atoms with Crippen molar-refractivity contribution in [3.8, 4) is 0 Å².